The predicted octanol–water partition coefficient (Wildman–Crippen LogP) is -0.707. The van der Waals surface area contributed by atoms with Gasteiger partial charge < -0.3 is 10.8 Å². The summed E-state index contributed by atoms with van der Waals surface area (Å²) in [6.45, 7) is 4.60. The third kappa shape index (κ3) is 3.71. The third-order valence-corrected chi connectivity index (χ3v) is 4.42. The average molecular weight is 257 g/mol. The molecule has 2 aliphatic carbocycles. The van der Waals surface area contributed by atoms with Crippen LogP contribution in [-0.4, -0.2) is 12.1 Å². The van der Waals surface area contributed by atoms with Gasteiger partial charge in [0.05, 0.1) is 0 Å². The van der Waals surface area contributed by atoms with Crippen molar-refractivity contribution in [3.63, 3.8) is 0 Å². The van der Waals surface area contributed by atoms with Gasteiger partial charge in [-0.3, -0.25) is 0 Å². The third-order valence-electron chi connectivity index (χ3n) is 4.42. The Morgan fingerprint density at radius 1 is 1.11 bits per heavy atom. The zero-order valence-electron chi connectivity index (χ0n) is 12.0. The topological polar surface area (TPSA) is 49.1 Å². The fourth-order valence-corrected chi connectivity index (χ4v) is 3.01. The maximum atomic E-state index is 11.4. The summed E-state index contributed by atoms with van der Waals surface area (Å²) in [6, 6.07) is 0.348. The van der Waals surface area contributed by atoms with Gasteiger partial charge in [-0.05, 0) is 32.1 Å². The van der Waals surface area contributed by atoms with Crippen LogP contribution in [0, 0.1) is 5.41 Å². The molecule has 2 nitrogen and oxygen atoms in total. The molecule has 0 spiro atoms. The molecule has 2 rings (SSSR count). The van der Waals surface area contributed by atoms with Gasteiger partial charge in [0, 0.05) is 11.5 Å². The summed E-state index contributed by atoms with van der Waals surface area (Å²) in [7, 11) is 0. The van der Waals surface area contributed by atoms with Crippen LogP contribution >= 0.6 is 0 Å². The van der Waals surface area contributed by atoms with E-state index in [4.69, 9.17) is 5.73 Å². The van der Waals surface area contributed by atoms with Crippen molar-refractivity contribution in [2.75, 3.05) is 0 Å². The van der Waals surface area contributed by atoms with E-state index in [2.05, 4.69) is 26.0 Å². The van der Waals surface area contributed by atoms with Crippen molar-refractivity contribution in [2.45, 2.75) is 64.5 Å². The summed E-state index contributed by atoms with van der Waals surface area (Å²) in [4.78, 5) is 0. The van der Waals surface area contributed by atoms with E-state index in [1.807, 2.05) is 0 Å². The number of hydrogen-bond donors (Lipinski definition) is 1. The van der Waals surface area contributed by atoms with Crippen molar-refractivity contribution >= 4 is 0 Å². The Labute approximate surface area is 133 Å². The number of hydrogen-bond acceptors (Lipinski definition) is 2. The first-order valence-electron chi connectivity index (χ1n) is 6.80. The molecule has 0 aromatic carbocycles. The number of nitrogens with two attached hydrogens (primary N) is 1. The Hall–Kier alpha value is 0.400. The van der Waals surface area contributed by atoms with Gasteiger partial charge in [-0.1, -0.05) is 43.6 Å². The molecule has 2 N–H and O–H groups in total. The van der Waals surface area contributed by atoms with E-state index >= 15 is 0 Å². The molecule has 18 heavy (non-hydrogen) atoms. The zero-order valence-corrected chi connectivity index (χ0v) is 14.0. The zero-order chi connectivity index (χ0) is 12.5. The normalized spacial score (nSPS) is 29.1. The first kappa shape index (κ1) is 16.5. The molecule has 2 unspecified atom stereocenters. The van der Waals surface area contributed by atoms with Crippen LogP contribution in [0.1, 0.15) is 52.4 Å². The summed E-state index contributed by atoms with van der Waals surface area (Å²) >= 11 is 0. The minimum Gasteiger partial charge on any atom is -0.852 e. The first-order valence-corrected chi connectivity index (χ1v) is 6.80. The fourth-order valence-electron chi connectivity index (χ4n) is 3.01. The van der Waals surface area contributed by atoms with Crippen LogP contribution in [0.4, 0.5) is 0 Å². The maximum absolute atomic E-state index is 11.4. The molecule has 0 aromatic heterocycles. The van der Waals surface area contributed by atoms with Gasteiger partial charge in [-0.25, -0.2) is 0 Å². The molecule has 0 bridgehead atoms. The minimum absolute atomic E-state index is 0. The molecule has 0 aromatic rings. The summed E-state index contributed by atoms with van der Waals surface area (Å²) in [5, 5.41) is 11.4. The Morgan fingerprint density at radius 2 is 1.67 bits per heavy atom. The van der Waals surface area contributed by atoms with Crippen LogP contribution < -0.4 is 40.4 Å². The summed E-state index contributed by atoms with van der Waals surface area (Å²) in [5.41, 5.74) is 9.06. The molecule has 0 fully saturated rings. The smallest absolute Gasteiger partial charge is 0.852 e. The SMILES string of the molecule is CC(C)(C1=CCC(N)CC1)C1=CCC([O-])CC1.[Na+]. The number of allylic oxidation sites excluding steroid dienone is 2. The standard InChI is InChI=1S/C15H24NO.Na/c1-15(2,11-3-7-13(16)8-4-11)12-5-9-14(17)10-6-12;/h3,5,13-14H,4,6-10,16H2,1-2H3;/q-1;+1. The maximum Gasteiger partial charge on any atom is 1.00 e. The van der Waals surface area contributed by atoms with Crippen LogP contribution in [-0.2, 0) is 0 Å². The van der Waals surface area contributed by atoms with E-state index in [9.17, 15) is 5.11 Å². The largest absolute Gasteiger partial charge is 1.00 e. The molecule has 0 saturated carbocycles. The van der Waals surface area contributed by atoms with E-state index < -0.39 is 0 Å². The van der Waals surface area contributed by atoms with Gasteiger partial charge in [0.15, 0.2) is 0 Å². The van der Waals surface area contributed by atoms with Gasteiger partial charge in [0.25, 0.3) is 0 Å². The van der Waals surface area contributed by atoms with Crippen LogP contribution in [0.25, 0.3) is 0 Å². The Bertz CT molecular complexity index is 314. The molecular weight excluding hydrogens is 233 g/mol. The molecule has 2 atom stereocenters. The predicted molar refractivity (Wildman–Crippen MR) is 69.4 cm³/mol. The minimum atomic E-state index is -0.372. The second-order valence-electron chi connectivity index (χ2n) is 6.01. The van der Waals surface area contributed by atoms with Gasteiger partial charge in [0.2, 0.25) is 0 Å². The Balaban J connectivity index is 0.00000162. The molecular formula is C15H24NNaO. The molecule has 3 heteroatoms. The van der Waals surface area contributed by atoms with Crippen LogP contribution in [0.5, 0.6) is 0 Å². The molecule has 0 aliphatic heterocycles. The number of rotatable bonds is 2. The average Bonchev–Trinajstić information content (AvgIpc) is 2.30. The van der Waals surface area contributed by atoms with Crippen LogP contribution in [0.3, 0.4) is 0 Å². The van der Waals surface area contributed by atoms with E-state index in [1.54, 1.807) is 0 Å². The van der Waals surface area contributed by atoms with Crippen molar-refractivity contribution in [3.05, 3.63) is 23.3 Å². The van der Waals surface area contributed by atoms with Crippen LogP contribution in [0.2, 0.25) is 0 Å². The van der Waals surface area contributed by atoms with Gasteiger partial charge in [-0.2, -0.15) is 0 Å². The van der Waals surface area contributed by atoms with Gasteiger partial charge in [0.1, 0.15) is 0 Å². The monoisotopic (exact) mass is 257 g/mol. The molecule has 0 amide bonds. The molecule has 0 radical (unpaired) electrons. The summed E-state index contributed by atoms with van der Waals surface area (Å²) < 4.78 is 0. The second kappa shape index (κ2) is 6.71. The van der Waals surface area contributed by atoms with Crippen molar-refractivity contribution in [2.24, 2.45) is 11.1 Å². The quantitative estimate of drug-likeness (QED) is 0.525. The Kier molecular flexibility index (Phi) is 6.14. The van der Waals surface area contributed by atoms with E-state index in [0.29, 0.717) is 12.5 Å². The summed E-state index contributed by atoms with van der Waals surface area (Å²) in [5.74, 6) is 0. The van der Waals surface area contributed by atoms with Crippen molar-refractivity contribution in [1.82, 2.24) is 0 Å². The van der Waals surface area contributed by atoms with E-state index in [1.165, 1.54) is 11.1 Å². The first-order chi connectivity index (χ1) is 8.00. The molecule has 0 saturated heterocycles. The second-order valence-corrected chi connectivity index (χ2v) is 6.01. The van der Waals surface area contributed by atoms with Gasteiger partial charge >= 0.3 is 29.6 Å². The molecule has 96 valence electrons. The molecule has 2 aliphatic rings. The van der Waals surface area contributed by atoms with Crippen LogP contribution in [0.15, 0.2) is 23.3 Å². The summed E-state index contributed by atoms with van der Waals surface area (Å²) in [6.07, 6.45) is 9.88. The van der Waals surface area contributed by atoms with E-state index in [0.717, 1.165) is 32.1 Å². The van der Waals surface area contributed by atoms with Crippen molar-refractivity contribution in [3.8, 4) is 0 Å². The van der Waals surface area contributed by atoms with E-state index in [-0.39, 0.29) is 41.1 Å². The van der Waals surface area contributed by atoms with Crippen molar-refractivity contribution < 1.29 is 34.7 Å². The molecule has 0 heterocycles. The van der Waals surface area contributed by atoms with Crippen molar-refractivity contribution in [1.29, 1.82) is 0 Å². The van der Waals surface area contributed by atoms with Gasteiger partial charge in [-0.15, -0.1) is 6.10 Å². The Morgan fingerprint density at radius 3 is 2.11 bits per heavy atom. The fraction of sp³-hybridized carbons (Fsp3) is 0.733.